The molecule has 0 aliphatic carbocycles. The van der Waals surface area contributed by atoms with Crippen LogP contribution in [-0.4, -0.2) is 51.7 Å². The van der Waals surface area contributed by atoms with Gasteiger partial charge in [-0.3, -0.25) is 9.59 Å². The summed E-state index contributed by atoms with van der Waals surface area (Å²) in [5.74, 6) is 1.43. The summed E-state index contributed by atoms with van der Waals surface area (Å²) >= 11 is 0. The largest absolute Gasteiger partial charge is 0.497 e. The Morgan fingerprint density at radius 3 is 2.27 bits per heavy atom. The third-order valence-corrected chi connectivity index (χ3v) is 6.24. The summed E-state index contributed by atoms with van der Waals surface area (Å²) in [5, 5.41) is 6.19. The molecule has 0 bridgehead atoms. The van der Waals surface area contributed by atoms with E-state index in [4.69, 9.17) is 9.47 Å². The highest BCUT2D eigenvalue weighted by Crippen LogP contribution is 2.26. The average Bonchev–Trinajstić information content (AvgIpc) is 2.87. The van der Waals surface area contributed by atoms with Crippen molar-refractivity contribution in [1.29, 1.82) is 0 Å². The Hall–Kier alpha value is -3.22. The first-order valence-corrected chi connectivity index (χ1v) is 11.6. The van der Waals surface area contributed by atoms with Gasteiger partial charge in [0.2, 0.25) is 0 Å². The molecular formula is C26H35N3O4. The predicted molar refractivity (Wildman–Crippen MR) is 130 cm³/mol. The van der Waals surface area contributed by atoms with E-state index >= 15 is 0 Å². The quantitative estimate of drug-likeness (QED) is 0.602. The van der Waals surface area contributed by atoms with Crippen LogP contribution in [0, 0.1) is 5.92 Å². The standard InChI is InChI=1S/C26H35N3O4/c1-5-18(2)17-27-26(31)23-8-6-7-9-24(23)29-12-10-20(11-13-29)28-25(30)19-14-21(32-3)16-22(15-19)33-4/h6-9,14-16,18,20H,5,10-13,17H2,1-4H3,(H,27,31)(H,28,30). The minimum atomic E-state index is -0.143. The van der Waals surface area contributed by atoms with Crippen LogP contribution in [0.3, 0.4) is 0 Å². The molecule has 0 spiro atoms. The first-order chi connectivity index (χ1) is 15.9. The molecule has 1 atom stereocenters. The van der Waals surface area contributed by atoms with E-state index in [9.17, 15) is 9.59 Å². The van der Waals surface area contributed by atoms with Crippen LogP contribution in [0.2, 0.25) is 0 Å². The summed E-state index contributed by atoms with van der Waals surface area (Å²) in [4.78, 5) is 27.8. The topological polar surface area (TPSA) is 79.9 Å². The molecule has 7 nitrogen and oxygen atoms in total. The van der Waals surface area contributed by atoms with Crippen LogP contribution in [0.1, 0.15) is 53.8 Å². The Bertz CT molecular complexity index is 932. The van der Waals surface area contributed by atoms with Gasteiger partial charge in [-0.15, -0.1) is 0 Å². The van der Waals surface area contributed by atoms with Crippen molar-refractivity contribution < 1.29 is 19.1 Å². The van der Waals surface area contributed by atoms with Gasteiger partial charge in [0.25, 0.3) is 11.8 Å². The molecular weight excluding hydrogens is 418 g/mol. The van der Waals surface area contributed by atoms with Crippen molar-refractivity contribution in [2.45, 2.75) is 39.2 Å². The van der Waals surface area contributed by atoms with Crippen LogP contribution in [-0.2, 0) is 0 Å². The van der Waals surface area contributed by atoms with Gasteiger partial charge in [-0.25, -0.2) is 0 Å². The zero-order chi connectivity index (χ0) is 23.8. The van der Waals surface area contributed by atoms with Gasteiger partial charge in [-0.2, -0.15) is 0 Å². The first kappa shape index (κ1) is 24.4. The summed E-state index contributed by atoms with van der Waals surface area (Å²) < 4.78 is 10.5. The Morgan fingerprint density at radius 2 is 1.67 bits per heavy atom. The van der Waals surface area contributed by atoms with E-state index in [0.717, 1.165) is 38.0 Å². The zero-order valence-corrected chi connectivity index (χ0v) is 20.0. The van der Waals surface area contributed by atoms with Crippen LogP contribution < -0.4 is 25.0 Å². The SMILES string of the molecule is CCC(C)CNC(=O)c1ccccc1N1CCC(NC(=O)c2cc(OC)cc(OC)c2)CC1. The molecule has 33 heavy (non-hydrogen) atoms. The van der Waals surface area contributed by atoms with Crippen molar-refractivity contribution >= 4 is 17.5 Å². The normalized spacial score (nSPS) is 15.0. The highest BCUT2D eigenvalue weighted by Gasteiger charge is 2.24. The molecule has 0 radical (unpaired) electrons. The van der Waals surface area contributed by atoms with E-state index < -0.39 is 0 Å². The lowest BCUT2D eigenvalue weighted by molar-refractivity contribution is 0.0928. The van der Waals surface area contributed by atoms with E-state index in [1.807, 2.05) is 24.3 Å². The van der Waals surface area contributed by atoms with Crippen molar-refractivity contribution in [3.05, 3.63) is 53.6 Å². The minimum absolute atomic E-state index is 0.0340. The number of anilines is 1. The van der Waals surface area contributed by atoms with Gasteiger partial charge in [-0.05, 0) is 43.0 Å². The highest BCUT2D eigenvalue weighted by atomic mass is 16.5. The van der Waals surface area contributed by atoms with E-state index in [0.29, 0.717) is 35.1 Å². The Morgan fingerprint density at radius 1 is 1.03 bits per heavy atom. The Kier molecular flexibility index (Phi) is 8.58. The first-order valence-electron chi connectivity index (χ1n) is 11.6. The Labute approximate surface area is 196 Å². The number of para-hydroxylation sites is 1. The second-order valence-corrected chi connectivity index (χ2v) is 8.58. The fourth-order valence-corrected chi connectivity index (χ4v) is 3.92. The van der Waals surface area contributed by atoms with Crippen molar-refractivity contribution in [2.24, 2.45) is 5.92 Å². The fourth-order valence-electron chi connectivity index (χ4n) is 3.92. The third-order valence-electron chi connectivity index (χ3n) is 6.24. The van der Waals surface area contributed by atoms with Crippen LogP contribution >= 0.6 is 0 Å². The highest BCUT2D eigenvalue weighted by molar-refractivity contribution is 6.00. The number of carbonyl (C=O) groups excluding carboxylic acids is 2. The average molecular weight is 454 g/mol. The van der Waals surface area contributed by atoms with Gasteiger partial charge in [0.1, 0.15) is 11.5 Å². The monoisotopic (exact) mass is 453 g/mol. The molecule has 1 aliphatic heterocycles. The number of nitrogens with zero attached hydrogens (tertiary/aromatic N) is 1. The number of methoxy groups -OCH3 is 2. The van der Waals surface area contributed by atoms with E-state index in [1.165, 1.54) is 0 Å². The molecule has 3 rings (SSSR count). The Balaban J connectivity index is 1.60. The lowest BCUT2D eigenvalue weighted by Gasteiger charge is -2.35. The molecule has 7 heteroatoms. The number of hydrogen-bond donors (Lipinski definition) is 2. The van der Waals surface area contributed by atoms with Crippen LogP contribution in [0.25, 0.3) is 0 Å². The number of ether oxygens (including phenoxy) is 2. The number of amides is 2. The molecule has 1 heterocycles. The summed E-state index contributed by atoms with van der Waals surface area (Å²) in [7, 11) is 3.13. The molecule has 2 N–H and O–H groups in total. The van der Waals surface area contributed by atoms with Crippen LogP contribution in [0.4, 0.5) is 5.69 Å². The summed E-state index contributed by atoms with van der Waals surface area (Å²) in [5.41, 5.74) is 2.16. The van der Waals surface area contributed by atoms with Gasteiger partial charge in [0.05, 0.1) is 19.8 Å². The molecule has 1 unspecified atom stereocenters. The smallest absolute Gasteiger partial charge is 0.253 e. The maximum Gasteiger partial charge on any atom is 0.253 e. The van der Waals surface area contributed by atoms with Crippen LogP contribution in [0.15, 0.2) is 42.5 Å². The molecule has 178 valence electrons. The van der Waals surface area contributed by atoms with E-state index in [2.05, 4.69) is 29.4 Å². The second-order valence-electron chi connectivity index (χ2n) is 8.58. The summed E-state index contributed by atoms with van der Waals surface area (Å²) in [6.07, 6.45) is 2.63. The zero-order valence-electron chi connectivity index (χ0n) is 20.0. The third kappa shape index (κ3) is 6.40. The van der Waals surface area contributed by atoms with Crippen molar-refractivity contribution in [3.8, 4) is 11.5 Å². The van der Waals surface area contributed by atoms with Gasteiger partial charge in [-0.1, -0.05) is 32.4 Å². The molecule has 2 amide bonds. The maximum atomic E-state index is 12.8. The molecule has 0 aromatic heterocycles. The summed E-state index contributed by atoms with van der Waals surface area (Å²) in [6.45, 7) is 6.46. The lowest BCUT2D eigenvalue weighted by Crippen LogP contribution is -2.45. The molecule has 2 aromatic rings. The maximum absolute atomic E-state index is 12.8. The molecule has 1 fully saturated rings. The van der Waals surface area contributed by atoms with Crippen molar-refractivity contribution in [2.75, 3.05) is 38.8 Å². The number of nitrogens with one attached hydrogen (secondary N) is 2. The molecule has 0 saturated carbocycles. The van der Waals surface area contributed by atoms with E-state index in [1.54, 1.807) is 32.4 Å². The number of carbonyl (C=O) groups is 2. The van der Waals surface area contributed by atoms with Crippen molar-refractivity contribution in [3.63, 3.8) is 0 Å². The van der Waals surface area contributed by atoms with Gasteiger partial charge in [0.15, 0.2) is 0 Å². The van der Waals surface area contributed by atoms with E-state index in [-0.39, 0.29) is 17.9 Å². The van der Waals surface area contributed by atoms with Gasteiger partial charge in [0, 0.05) is 43.0 Å². The number of benzene rings is 2. The molecule has 1 aliphatic rings. The summed E-state index contributed by atoms with van der Waals surface area (Å²) in [6, 6.07) is 13.0. The number of piperidine rings is 1. The number of rotatable bonds is 9. The van der Waals surface area contributed by atoms with Crippen molar-refractivity contribution in [1.82, 2.24) is 10.6 Å². The van der Waals surface area contributed by atoms with Gasteiger partial charge >= 0.3 is 0 Å². The fraction of sp³-hybridized carbons (Fsp3) is 0.462. The molecule has 2 aromatic carbocycles. The number of hydrogen-bond acceptors (Lipinski definition) is 5. The second kappa shape index (κ2) is 11.6. The molecule has 1 saturated heterocycles. The minimum Gasteiger partial charge on any atom is -0.497 e. The predicted octanol–water partition coefficient (Wildman–Crippen LogP) is 3.88. The van der Waals surface area contributed by atoms with Crippen LogP contribution in [0.5, 0.6) is 11.5 Å². The lowest BCUT2D eigenvalue weighted by atomic mass is 10.0. The van der Waals surface area contributed by atoms with Gasteiger partial charge < -0.3 is 25.0 Å².